The van der Waals surface area contributed by atoms with Crippen molar-refractivity contribution in [2.75, 3.05) is 31.3 Å². The lowest BCUT2D eigenvalue weighted by Gasteiger charge is -2.18. The van der Waals surface area contributed by atoms with E-state index in [-0.39, 0.29) is 65.4 Å². The highest BCUT2D eigenvalue weighted by atomic mass is 35.5. The number of aromatic amines is 1. The molecule has 0 saturated carbocycles. The Labute approximate surface area is 223 Å². The van der Waals surface area contributed by atoms with E-state index < -0.39 is 17.8 Å². The number of amides is 2. The summed E-state index contributed by atoms with van der Waals surface area (Å²) < 4.78 is 45.8. The molecule has 202 valence electrons. The van der Waals surface area contributed by atoms with Gasteiger partial charge in [0.05, 0.1) is 29.7 Å². The fraction of sp³-hybridized carbons (Fsp3) is 0.304. The summed E-state index contributed by atoms with van der Waals surface area (Å²) in [5.41, 5.74) is 0.0652. The Hall–Kier alpha value is -3.35. The van der Waals surface area contributed by atoms with Crippen LogP contribution in [0.4, 0.5) is 29.3 Å². The van der Waals surface area contributed by atoms with Crippen LogP contribution in [0, 0.1) is 6.92 Å². The second kappa shape index (κ2) is 13.3. The van der Waals surface area contributed by atoms with Gasteiger partial charge >= 0.3 is 12.2 Å². The lowest BCUT2D eigenvalue weighted by molar-refractivity contribution is -0.138. The van der Waals surface area contributed by atoms with Crippen LogP contribution >= 0.6 is 24.8 Å². The molecule has 0 aliphatic rings. The van der Waals surface area contributed by atoms with E-state index >= 15 is 0 Å². The van der Waals surface area contributed by atoms with Gasteiger partial charge in [0, 0.05) is 24.0 Å². The Morgan fingerprint density at radius 1 is 1.16 bits per heavy atom. The van der Waals surface area contributed by atoms with Gasteiger partial charge in [0.1, 0.15) is 0 Å². The average molecular weight is 563 g/mol. The van der Waals surface area contributed by atoms with E-state index in [9.17, 15) is 22.8 Å². The highest BCUT2D eigenvalue weighted by Crippen LogP contribution is 2.34. The van der Waals surface area contributed by atoms with Crippen LogP contribution in [0.5, 0.6) is 5.75 Å². The Bertz CT molecular complexity index is 1290. The molecule has 0 saturated heterocycles. The minimum Gasteiger partial charge on any atom is -0.488 e. The summed E-state index contributed by atoms with van der Waals surface area (Å²) in [5, 5.41) is 4.95. The number of hydrogen-bond donors (Lipinski definition) is 3. The molecule has 0 aliphatic carbocycles. The summed E-state index contributed by atoms with van der Waals surface area (Å²) in [7, 11) is 3.34. The number of aryl methyl sites for hydroxylation is 1. The van der Waals surface area contributed by atoms with Crippen molar-refractivity contribution < 1.29 is 22.7 Å². The van der Waals surface area contributed by atoms with Gasteiger partial charge in [0.25, 0.3) is 5.56 Å². The van der Waals surface area contributed by atoms with Gasteiger partial charge in [0.15, 0.2) is 11.6 Å². The summed E-state index contributed by atoms with van der Waals surface area (Å²) in [6.45, 7) is 3.80. The number of alkyl halides is 3. The van der Waals surface area contributed by atoms with E-state index in [4.69, 9.17) is 4.74 Å². The zero-order valence-electron chi connectivity index (χ0n) is 20.4. The number of urea groups is 1. The number of hydrogen-bond acceptors (Lipinski definition) is 6. The molecule has 14 heteroatoms. The largest absolute Gasteiger partial charge is 0.488 e. The van der Waals surface area contributed by atoms with Crippen molar-refractivity contribution in [1.82, 2.24) is 19.9 Å². The first-order valence-corrected chi connectivity index (χ1v) is 10.6. The van der Waals surface area contributed by atoms with Gasteiger partial charge in [-0.25, -0.2) is 14.8 Å². The Morgan fingerprint density at radius 3 is 2.46 bits per heavy atom. The lowest BCUT2D eigenvalue weighted by atomic mass is 10.1. The van der Waals surface area contributed by atoms with Crippen molar-refractivity contribution >= 4 is 42.2 Å². The topological polar surface area (TPSA) is 112 Å². The third kappa shape index (κ3) is 8.34. The summed E-state index contributed by atoms with van der Waals surface area (Å²) in [6, 6.07) is 4.40. The number of nitrogens with zero attached hydrogens (tertiary/aromatic N) is 3. The van der Waals surface area contributed by atoms with Gasteiger partial charge in [-0.05, 0) is 51.7 Å². The Kier molecular flexibility index (Phi) is 11.4. The molecule has 0 spiro atoms. The predicted molar refractivity (Wildman–Crippen MR) is 140 cm³/mol. The van der Waals surface area contributed by atoms with Crippen molar-refractivity contribution in [2.24, 2.45) is 0 Å². The Balaban J connectivity index is 0.00000342. The zero-order chi connectivity index (χ0) is 25.8. The monoisotopic (exact) mass is 562 g/mol. The molecule has 1 aromatic carbocycles. The number of pyridine rings is 1. The minimum atomic E-state index is -4.57. The van der Waals surface area contributed by atoms with Crippen molar-refractivity contribution in [3.63, 3.8) is 0 Å². The second-order valence-electron chi connectivity index (χ2n) is 7.89. The first-order chi connectivity index (χ1) is 16.5. The van der Waals surface area contributed by atoms with Crippen LogP contribution in [-0.2, 0) is 12.7 Å². The highest BCUT2D eigenvalue weighted by molar-refractivity contribution is 6.00. The Morgan fingerprint density at radius 2 is 1.86 bits per heavy atom. The number of carbonyl (C=O) groups is 1. The number of rotatable bonds is 7. The van der Waals surface area contributed by atoms with Gasteiger partial charge in [-0.2, -0.15) is 13.2 Å². The number of halogens is 5. The number of carbonyl (C=O) groups excluding carboxylic acids is 1. The number of anilines is 2. The smallest absolute Gasteiger partial charge is 0.416 e. The molecule has 3 rings (SSSR count). The number of aromatic nitrogens is 3. The average Bonchev–Trinajstić information content (AvgIpc) is 2.77. The molecule has 2 aromatic heterocycles. The van der Waals surface area contributed by atoms with Gasteiger partial charge in [-0.15, -0.1) is 24.8 Å². The number of benzene rings is 1. The van der Waals surface area contributed by atoms with E-state index in [1.807, 2.05) is 0 Å². The number of H-pyrrole nitrogens is 1. The normalized spacial score (nSPS) is 10.8. The van der Waals surface area contributed by atoms with Crippen molar-refractivity contribution in [1.29, 1.82) is 0 Å². The van der Waals surface area contributed by atoms with Crippen molar-refractivity contribution in [3.05, 3.63) is 63.8 Å². The summed E-state index contributed by atoms with van der Waals surface area (Å²) in [6.07, 6.45) is -1.76. The van der Waals surface area contributed by atoms with Crippen molar-refractivity contribution in [3.8, 4) is 17.1 Å². The molecule has 2 amide bonds. The molecule has 0 aliphatic heterocycles. The number of ether oxygens (including phenoxy) is 1. The zero-order valence-corrected chi connectivity index (χ0v) is 22.0. The molecule has 37 heavy (non-hydrogen) atoms. The third-order valence-corrected chi connectivity index (χ3v) is 4.81. The first kappa shape index (κ1) is 31.7. The molecule has 0 unspecified atom stereocenters. The van der Waals surface area contributed by atoms with Gasteiger partial charge in [-0.3, -0.25) is 4.79 Å². The molecular weight excluding hydrogens is 536 g/mol. The molecular formula is C23H27Cl2F3N6O3. The van der Waals surface area contributed by atoms with Crippen LogP contribution in [0.1, 0.15) is 23.7 Å². The van der Waals surface area contributed by atoms with Crippen LogP contribution in [0.2, 0.25) is 0 Å². The van der Waals surface area contributed by atoms with Crippen LogP contribution in [0.25, 0.3) is 11.4 Å². The molecule has 2 heterocycles. The van der Waals surface area contributed by atoms with Crippen molar-refractivity contribution in [2.45, 2.75) is 26.6 Å². The molecule has 3 aromatic rings. The highest BCUT2D eigenvalue weighted by Gasteiger charge is 2.33. The molecule has 0 radical (unpaired) electrons. The maximum atomic E-state index is 13.5. The van der Waals surface area contributed by atoms with Crippen LogP contribution < -0.4 is 20.9 Å². The maximum Gasteiger partial charge on any atom is 0.416 e. The molecule has 0 fully saturated rings. The van der Waals surface area contributed by atoms with Crippen LogP contribution in [0.3, 0.4) is 0 Å². The van der Waals surface area contributed by atoms with Crippen LogP contribution in [0.15, 0.2) is 41.5 Å². The SMILES string of the molecule is CCOc1cc(-c2ncc(NC(=O)Nc3ccc(CN(C)C)c(C(F)(F)F)c3)c(C)n2)c[nH]c1=O.Cl.Cl. The fourth-order valence-electron chi connectivity index (χ4n) is 3.26. The van der Waals surface area contributed by atoms with E-state index in [0.717, 1.165) is 6.07 Å². The predicted octanol–water partition coefficient (Wildman–Crippen LogP) is 5.11. The van der Waals surface area contributed by atoms with E-state index in [1.54, 1.807) is 32.8 Å². The first-order valence-electron chi connectivity index (χ1n) is 10.6. The summed E-state index contributed by atoms with van der Waals surface area (Å²) in [4.78, 5) is 36.9. The summed E-state index contributed by atoms with van der Waals surface area (Å²) in [5.74, 6) is 0.416. The van der Waals surface area contributed by atoms with E-state index in [2.05, 4.69) is 25.6 Å². The maximum absolute atomic E-state index is 13.5. The van der Waals surface area contributed by atoms with Gasteiger partial charge in [0.2, 0.25) is 0 Å². The fourth-order valence-corrected chi connectivity index (χ4v) is 3.26. The van der Waals surface area contributed by atoms with E-state index in [0.29, 0.717) is 17.9 Å². The number of nitrogens with one attached hydrogen (secondary N) is 3. The quantitative estimate of drug-likeness (QED) is 0.369. The molecule has 0 bridgehead atoms. The van der Waals surface area contributed by atoms with Crippen LogP contribution in [-0.4, -0.2) is 46.6 Å². The minimum absolute atomic E-state index is 0. The third-order valence-electron chi connectivity index (χ3n) is 4.81. The molecule has 3 N–H and O–H groups in total. The molecule has 9 nitrogen and oxygen atoms in total. The van der Waals surface area contributed by atoms with E-state index in [1.165, 1.54) is 30.6 Å². The van der Waals surface area contributed by atoms with Gasteiger partial charge < -0.3 is 25.3 Å². The lowest BCUT2D eigenvalue weighted by Crippen LogP contribution is -2.22. The molecule has 0 atom stereocenters. The summed E-state index contributed by atoms with van der Waals surface area (Å²) >= 11 is 0. The second-order valence-corrected chi connectivity index (χ2v) is 7.89. The van der Waals surface area contributed by atoms with Gasteiger partial charge in [-0.1, -0.05) is 6.07 Å². The standard InChI is InChI=1S/C23H25F3N6O3.2ClH/c1-5-35-19-8-15(10-28-21(19)33)20-27-11-18(13(2)29-20)31-22(34)30-16-7-6-14(12-32(3)4)17(9-16)23(24,25)26;;/h6-11H,5,12H2,1-4H3,(H,28,33)(H2,30,31,34);2*1H.